The number of aliphatic carboxylic acids is 1. The van der Waals surface area contributed by atoms with Crippen LogP contribution in [0.3, 0.4) is 0 Å². The average molecular weight is 493 g/mol. The summed E-state index contributed by atoms with van der Waals surface area (Å²) >= 11 is 0. The normalized spacial score (nSPS) is 21.0. The van der Waals surface area contributed by atoms with Crippen molar-refractivity contribution in [1.29, 1.82) is 0 Å². The van der Waals surface area contributed by atoms with Crippen LogP contribution in [0.25, 0.3) is 0 Å². The van der Waals surface area contributed by atoms with Crippen molar-refractivity contribution in [2.45, 2.75) is 63.4 Å². The van der Waals surface area contributed by atoms with Crippen LogP contribution in [-0.2, 0) is 25.7 Å². The number of unbranched alkanes of at least 4 members (excludes halogenated alkanes) is 1. The summed E-state index contributed by atoms with van der Waals surface area (Å²) in [5.41, 5.74) is 0.879. The second-order valence-corrected chi connectivity index (χ2v) is 8.50. The third-order valence-corrected chi connectivity index (χ3v) is 5.98. The van der Waals surface area contributed by atoms with Crippen LogP contribution in [0.1, 0.15) is 44.1 Å². The van der Waals surface area contributed by atoms with E-state index in [1.807, 2.05) is 30.3 Å². The second kappa shape index (κ2) is 12.9. The molecule has 192 valence electrons. The van der Waals surface area contributed by atoms with E-state index >= 15 is 0 Å². The zero-order valence-electron chi connectivity index (χ0n) is 19.4. The zero-order chi connectivity index (χ0) is 25.2. The third kappa shape index (κ3) is 7.82. The molecule has 12 nitrogen and oxygen atoms in total. The minimum atomic E-state index is -1.46. The van der Waals surface area contributed by atoms with Crippen LogP contribution >= 0.6 is 0 Å². The topological polar surface area (TPSA) is 158 Å². The number of hydrogen-bond donors (Lipinski definition) is 4. The van der Waals surface area contributed by atoms with E-state index in [2.05, 4.69) is 10.6 Å². The largest absolute Gasteiger partial charge is 0.507 e. The fourth-order valence-electron chi connectivity index (χ4n) is 4.26. The molecule has 2 amide bonds. The number of alkyl carbamates (subject to hydrolysis) is 1. The molecular weight excluding hydrogens is 460 g/mol. The number of nitrogens with zero attached hydrogens (tertiary/aromatic N) is 2. The van der Waals surface area contributed by atoms with E-state index in [1.54, 1.807) is 5.01 Å². The zero-order valence-corrected chi connectivity index (χ0v) is 19.4. The van der Waals surface area contributed by atoms with Gasteiger partial charge in [-0.15, -0.1) is 0 Å². The number of benzene rings is 1. The number of carbonyl (C=O) groups is 4. The molecule has 0 spiro atoms. The number of carboxylic acids is 1. The van der Waals surface area contributed by atoms with Crippen molar-refractivity contribution in [2.24, 2.45) is 0 Å². The van der Waals surface area contributed by atoms with Crippen molar-refractivity contribution < 1.29 is 38.9 Å². The number of hydrazine groups is 1. The highest BCUT2D eigenvalue weighted by Crippen LogP contribution is 2.25. The molecule has 2 aliphatic heterocycles. The lowest BCUT2D eigenvalue weighted by Crippen LogP contribution is -2.66. The van der Waals surface area contributed by atoms with Gasteiger partial charge in [0.05, 0.1) is 6.04 Å². The molecular formula is C23H32N4O8. The number of carboxylic acid groups (broad SMARTS) is 2. The van der Waals surface area contributed by atoms with Crippen LogP contribution in [-0.4, -0.2) is 82.3 Å². The summed E-state index contributed by atoms with van der Waals surface area (Å²) in [5.74, 6) is -1.47. The summed E-state index contributed by atoms with van der Waals surface area (Å²) in [4.78, 5) is 47.6. The van der Waals surface area contributed by atoms with Gasteiger partial charge in [-0.3, -0.25) is 14.9 Å². The molecule has 0 saturated carbocycles. The van der Waals surface area contributed by atoms with Gasteiger partial charge >= 0.3 is 18.2 Å². The molecule has 3 unspecified atom stereocenters. The molecule has 2 aliphatic rings. The van der Waals surface area contributed by atoms with Crippen molar-refractivity contribution in [3.05, 3.63) is 35.9 Å². The van der Waals surface area contributed by atoms with Crippen LogP contribution in [0, 0.1) is 0 Å². The molecule has 2 saturated heterocycles. The summed E-state index contributed by atoms with van der Waals surface area (Å²) in [6, 6.07) is 7.58. The van der Waals surface area contributed by atoms with Crippen molar-refractivity contribution in [1.82, 2.24) is 20.7 Å². The first-order chi connectivity index (χ1) is 16.8. The van der Waals surface area contributed by atoms with Crippen LogP contribution in [0.4, 0.5) is 9.59 Å². The van der Waals surface area contributed by atoms with E-state index in [4.69, 9.17) is 14.6 Å². The molecule has 3 rings (SSSR count). The van der Waals surface area contributed by atoms with Gasteiger partial charge in [-0.25, -0.2) is 19.6 Å². The quantitative estimate of drug-likeness (QED) is 0.265. The minimum Gasteiger partial charge on any atom is -0.480 e. The first kappa shape index (κ1) is 26.2. The van der Waals surface area contributed by atoms with Gasteiger partial charge in [-0.2, -0.15) is 0 Å². The predicted octanol–water partition coefficient (Wildman–Crippen LogP) is 1.76. The Morgan fingerprint density at radius 3 is 2.57 bits per heavy atom. The number of amides is 2. The Morgan fingerprint density at radius 2 is 1.86 bits per heavy atom. The maximum Gasteiger partial charge on any atom is 0.507 e. The fourth-order valence-corrected chi connectivity index (χ4v) is 4.26. The molecule has 0 aromatic heterocycles. The van der Waals surface area contributed by atoms with Gasteiger partial charge in [-0.1, -0.05) is 30.3 Å². The summed E-state index contributed by atoms with van der Waals surface area (Å²) in [7, 11) is 0. The van der Waals surface area contributed by atoms with E-state index in [1.165, 1.54) is 5.01 Å². The van der Waals surface area contributed by atoms with Crippen LogP contribution in [0.15, 0.2) is 30.3 Å². The number of carbonyl (C=O) groups excluding carboxylic acids is 2. The molecule has 0 aliphatic carbocycles. The summed E-state index contributed by atoms with van der Waals surface area (Å²) in [6.07, 6.45) is -0.0975. The average Bonchev–Trinajstić information content (AvgIpc) is 2.83. The van der Waals surface area contributed by atoms with Crippen LogP contribution in [0.5, 0.6) is 0 Å². The summed E-state index contributed by atoms with van der Waals surface area (Å²) < 4.78 is 10.0. The number of hydrogen-bond acceptors (Lipinski definition) is 8. The molecule has 3 atom stereocenters. The van der Waals surface area contributed by atoms with Crippen LogP contribution in [0.2, 0.25) is 0 Å². The van der Waals surface area contributed by atoms with Gasteiger partial charge in [0, 0.05) is 26.1 Å². The van der Waals surface area contributed by atoms with Crippen molar-refractivity contribution in [3.63, 3.8) is 0 Å². The van der Waals surface area contributed by atoms with E-state index in [9.17, 15) is 24.3 Å². The van der Waals surface area contributed by atoms with Crippen LogP contribution < -0.4 is 10.6 Å². The summed E-state index contributed by atoms with van der Waals surface area (Å²) in [5, 5.41) is 27.2. The number of rotatable bonds is 11. The Balaban J connectivity index is 1.41. The Bertz CT molecular complexity index is 884. The van der Waals surface area contributed by atoms with E-state index in [0.717, 1.165) is 5.56 Å². The second-order valence-electron chi connectivity index (χ2n) is 8.50. The van der Waals surface area contributed by atoms with E-state index in [0.29, 0.717) is 51.7 Å². The minimum absolute atomic E-state index is 0.167. The Labute approximate surface area is 203 Å². The maximum absolute atomic E-state index is 13.0. The van der Waals surface area contributed by atoms with Gasteiger partial charge < -0.3 is 25.0 Å². The molecule has 1 aromatic rings. The van der Waals surface area contributed by atoms with E-state index < -0.39 is 42.4 Å². The molecule has 4 N–H and O–H groups in total. The highest BCUT2D eigenvalue weighted by atomic mass is 16.7. The molecule has 12 heteroatoms. The van der Waals surface area contributed by atoms with E-state index in [-0.39, 0.29) is 13.0 Å². The maximum atomic E-state index is 13.0. The fraction of sp³-hybridized carbons (Fsp3) is 0.565. The summed E-state index contributed by atoms with van der Waals surface area (Å²) in [6.45, 7) is 1.60. The first-order valence-corrected chi connectivity index (χ1v) is 11.8. The van der Waals surface area contributed by atoms with Gasteiger partial charge in [-0.05, 0) is 37.7 Å². The Morgan fingerprint density at radius 1 is 1.09 bits per heavy atom. The number of fused-ring (bicyclic) bond motifs is 1. The van der Waals surface area contributed by atoms with Gasteiger partial charge in [0.2, 0.25) is 0 Å². The lowest BCUT2D eigenvalue weighted by molar-refractivity contribution is -0.202. The molecule has 0 radical (unpaired) electrons. The Kier molecular flexibility index (Phi) is 9.67. The van der Waals surface area contributed by atoms with Crippen molar-refractivity contribution in [3.8, 4) is 0 Å². The predicted molar refractivity (Wildman–Crippen MR) is 122 cm³/mol. The smallest absolute Gasteiger partial charge is 0.480 e. The lowest BCUT2D eigenvalue weighted by Gasteiger charge is -2.47. The monoisotopic (exact) mass is 492 g/mol. The van der Waals surface area contributed by atoms with Crippen molar-refractivity contribution in [2.75, 3.05) is 19.6 Å². The van der Waals surface area contributed by atoms with Gasteiger partial charge in [0.25, 0.3) is 5.91 Å². The molecule has 2 fully saturated rings. The van der Waals surface area contributed by atoms with Gasteiger partial charge in [0.15, 0.2) is 6.23 Å². The number of nitrogens with one attached hydrogen (secondary N) is 2. The molecule has 35 heavy (non-hydrogen) atoms. The standard InChI is InChI=1S/C23H32N4O8/c28-20-17(11-14-26-13-6-10-19(27(20)26)35-23(32)33)25-18(21(29)30)9-4-5-12-24-22(31)34-15-16-7-2-1-3-8-16/h1-3,7-8,17-19,25H,4-6,9-15H2,(H,24,31)(H,29,30)(H,32,33). The third-order valence-electron chi connectivity index (χ3n) is 5.98. The number of ether oxygens (including phenoxy) is 2. The molecule has 1 aromatic carbocycles. The molecule has 0 bridgehead atoms. The molecule has 2 heterocycles. The van der Waals surface area contributed by atoms with Gasteiger partial charge in [0.1, 0.15) is 12.6 Å². The highest BCUT2D eigenvalue weighted by Gasteiger charge is 2.43. The first-order valence-electron chi connectivity index (χ1n) is 11.8. The Hall–Kier alpha value is -3.38. The lowest BCUT2D eigenvalue weighted by atomic mass is 10.0. The highest BCUT2D eigenvalue weighted by molar-refractivity contribution is 5.84. The SMILES string of the molecule is O=C(O)OC1CCCN2CCC(NC(CCCCNC(=O)OCc3ccccc3)C(=O)O)C(=O)N12. The van der Waals surface area contributed by atoms with Crippen molar-refractivity contribution >= 4 is 24.1 Å².